The lowest BCUT2D eigenvalue weighted by atomic mass is 10.1. The second-order valence-corrected chi connectivity index (χ2v) is 2.77. The highest BCUT2D eigenvalue weighted by molar-refractivity contribution is 5.96. The van der Waals surface area contributed by atoms with Crippen molar-refractivity contribution in [3.8, 4) is 12.1 Å². The van der Waals surface area contributed by atoms with Gasteiger partial charge >= 0.3 is 0 Å². The van der Waals surface area contributed by atoms with Crippen molar-refractivity contribution in [1.29, 1.82) is 10.5 Å². The maximum atomic E-state index is 11.4. The van der Waals surface area contributed by atoms with E-state index in [1.807, 2.05) is 12.1 Å². The zero-order valence-corrected chi connectivity index (χ0v) is 7.53. The fourth-order valence-electron chi connectivity index (χ4n) is 1.04. The van der Waals surface area contributed by atoms with Crippen molar-refractivity contribution < 1.29 is 4.79 Å². The minimum absolute atomic E-state index is 0.0592. The van der Waals surface area contributed by atoms with Gasteiger partial charge in [0.25, 0.3) is 0 Å². The first-order valence-corrected chi connectivity index (χ1v) is 4.18. The summed E-state index contributed by atoms with van der Waals surface area (Å²) < 4.78 is 0. The molecule has 0 amide bonds. The number of ketones is 1. The number of nitrogens with zero attached hydrogens (tertiary/aromatic N) is 2. The third-order valence-corrected chi connectivity index (χ3v) is 1.80. The predicted molar refractivity (Wildman–Crippen MR) is 50.3 cm³/mol. The lowest BCUT2D eigenvalue weighted by molar-refractivity contribution is 0.0984. The van der Waals surface area contributed by atoms with Crippen molar-refractivity contribution in [1.82, 2.24) is 0 Å². The second-order valence-electron chi connectivity index (χ2n) is 2.77. The molecule has 0 saturated heterocycles. The minimum atomic E-state index is -0.0592. The Morgan fingerprint density at radius 1 is 1.21 bits per heavy atom. The summed E-state index contributed by atoms with van der Waals surface area (Å²) in [6.45, 7) is 0. The van der Waals surface area contributed by atoms with Gasteiger partial charge in [0.05, 0.1) is 17.7 Å². The Kier molecular flexibility index (Phi) is 3.41. The van der Waals surface area contributed by atoms with E-state index in [0.717, 1.165) is 0 Å². The topological polar surface area (TPSA) is 64.7 Å². The van der Waals surface area contributed by atoms with Crippen molar-refractivity contribution >= 4 is 5.78 Å². The SMILES string of the molecule is N#CCCC(=O)c1ccc(C#N)cc1. The van der Waals surface area contributed by atoms with Crippen LogP contribution in [0.3, 0.4) is 0 Å². The van der Waals surface area contributed by atoms with Crippen molar-refractivity contribution in [3.05, 3.63) is 35.4 Å². The summed E-state index contributed by atoms with van der Waals surface area (Å²) in [5, 5.41) is 16.8. The van der Waals surface area contributed by atoms with E-state index >= 15 is 0 Å². The van der Waals surface area contributed by atoms with Gasteiger partial charge in [-0.2, -0.15) is 10.5 Å². The van der Waals surface area contributed by atoms with Gasteiger partial charge in [-0.05, 0) is 12.1 Å². The Hall–Kier alpha value is -2.13. The quantitative estimate of drug-likeness (QED) is 0.675. The predicted octanol–water partition coefficient (Wildman–Crippen LogP) is 2.04. The van der Waals surface area contributed by atoms with E-state index < -0.39 is 0 Å². The summed E-state index contributed by atoms with van der Waals surface area (Å²) in [5.41, 5.74) is 1.08. The van der Waals surface area contributed by atoms with E-state index in [4.69, 9.17) is 10.5 Å². The lowest BCUT2D eigenvalue weighted by Crippen LogP contribution is -1.97. The fraction of sp³-hybridized carbons (Fsp3) is 0.182. The number of benzene rings is 1. The molecular formula is C11H8N2O. The Balaban J connectivity index is 2.74. The van der Waals surface area contributed by atoms with E-state index in [9.17, 15) is 4.79 Å². The molecule has 0 fully saturated rings. The summed E-state index contributed by atoms with van der Waals surface area (Å²) in [7, 11) is 0. The van der Waals surface area contributed by atoms with E-state index in [0.29, 0.717) is 11.1 Å². The van der Waals surface area contributed by atoms with Gasteiger partial charge in [0.2, 0.25) is 0 Å². The summed E-state index contributed by atoms with van der Waals surface area (Å²) in [5.74, 6) is -0.0592. The molecule has 3 nitrogen and oxygen atoms in total. The van der Waals surface area contributed by atoms with E-state index in [1.165, 1.54) is 0 Å². The van der Waals surface area contributed by atoms with Gasteiger partial charge in [-0.1, -0.05) is 12.1 Å². The normalized spacial score (nSPS) is 8.71. The highest BCUT2D eigenvalue weighted by Gasteiger charge is 2.04. The number of carbonyl (C=O) groups excluding carboxylic acids is 1. The maximum Gasteiger partial charge on any atom is 0.163 e. The average molecular weight is 184 g/mol. The Labute approximate surface area is 82.2 Å². The Bertz CT molecular complexity index is 406. The van der Waals surface area contributed by atoms with Crippen molar-refractivity contribution in [2.24, 2.45) is 0 Å². The van der Waals surface area contributed by atoms with Gasteiger partial charge in [0.1, 0.15) is 0 Å². The van der Waals surface area contributed by atoms with E-state index in [-0.39, 0.29) is 18.6 Å². The molecule has 0 unspecified atom stereocenters. The monoisotopic (exact) mass is 184 g/mol. The van der Waals surface area contributed by atoms with Gasteiger partial charge in [-0.25, -0.2) is 0 Å². The molecule has 3 heteroatoms. The van der Waals surface area contributed by atoms with Crippen LogP contribution in [0.15, 0.2) is 24.3 Å². The van der Waals surface area contributed by atoms with Crippen LogP contribution in [0.1, 0.15) is 28.8 Å². The number of Topliss-reactive ketones (excluding diaryl/α,β-unsaturated/α-hetero) is 1. The largest absolute Gasteiger partial charge is 0.294 e. The summed E-state index contributed by atoms with van der Waals surface area (Å²) in [6.07, 6.45) is 0.473. The lowest BCUT2D eigenvalue weighted by Gasteiger charge is -1.97. The van der Waals surface area contributed by atoms with Crippen LogP contribution in [0.5, 0.6) is 0 Å². The fourth-order valence-corrected chi connectivity index (χ4v) is 1.04. The third kappa shape index (κ3) is 2.43. The molecule has 0 atom stereocenters. The number of hydrogen-bond donors (Lipinski definition) is 0. The molecule has 1 aromatic rings. The van der Waals surface area contributed by atoms with Crippen molar-refractivity contribution in [2.45, 2.75) is 12.8 Å². The number of hydrogen-bond acceptors (Lipinski definition) is 3. The first-order chi connectivity index (χ1) is 6.77. The molecule has 68 valence electrons. The summed E-state index contributed by atoms with van der Waals surface area (Å²) >= 11 is 0. The number of nitriles is 2. The maximum absolute atomic E-state index is 11.4. The minimum Gasteiger partial charge on any atom is -0.294 e. The molecule has 14 heavy (non-hydrogen) atoms. The number of carbonyl (C=O) groups is 1. The van der Waals surface area contributed by atoms with Crippen LogP contribution in [-0.2, 0) is 0 Å². The van der Waals surface area contributed by atoms with E-state index in [2.05, 4.69) is 0 Å². The van der Waals surface area contributed by atoms with Crippen LogP contribution in [0, 0.1) is 22.7 Å². The molecule has 0 aromatic heterocycles. The molecule has 0 saturated carbocycles. The van der Waals surface area contributed by atoms with Crippen molar-refractivity contribution in [2.75, 3.05) is 0 Å². The second kappa shape index (κ2) is 4.79. The van der Waals surface area contributed by atoms with Crippen LogP contribution in [0.4, 0.5) is 0 Å². The van der Waals surface area contributed by atoms with Crippen LogP contribution in [0.2, 0.25) is 0 Å². The van der Waals surface area contributed by atoms with Gasteiger partial charge in [-0.15, -0.1) is 0 Å². The van der Waals surface area contributed by atoms with E-state index in [1.54, 1.807) is 24.3 Å². The third-order valence-electron chi connectivity index (χ3n) is 1.80. The van der Waals surface area contributed by atoms with Crippen LogP contribution >= 0.6 is 0 Å². The molecule has 0 aliphatic rings. The summed E-state index contributed by atoms with van der Waals surface area (Å²) in [4.78, 5) is 11.4. The number of rotatable bonds is 3. The molecule has 0 bridgehead atoms. The zero-order valence-electron chi connectivity index (χ0n) is 7.53. The van der Waals surface area contributed by atoms with Crippen LogP contribution in [-0.4, -0.2) is 5.78 Å². The summed E-state index contributed by atoms with van der Waals surface area (Å²) in [6, 6.07) is 10.3. The molecule has 0 aliphatic heterocycles. The first-order valence-electron chi connectivity index (χ1n) is 4.18. The Morgan fingerprint density at radius 2 is 1.86 bits per heavy atom. The zero-order chi connectivity index (χ0) is 10.4. The molecule has 1 aromatic carbocycles. The molecule has 0 N–H and O–H groups in total. The highest BCUT2D eigenvalue weighted by Crippen LogP contribution is 2.07. The van der Waals surface area contributed by atoms with Gasteiger partial charge in [-0.3, -0.25) is 4.79 Å². The standard InChI is InChI=1S/C11H8N2O/c12-7-1-2-11(14)10-5-3-9(8-13)4-6-10/h3-6H,1-2H2. The molecular weight excluding hydrogens is 176 g/mol. The Morgan fingerprint density at radius 3 is 2.36 bits per heavy atom. The molecule has 0 radical (unpaired) electrons. The van der Waals surface area contributed by atoms with Crippen molar-refractivity contribution in [3.63, 3.8) is 0 Å². The molecule has 1 rings (SSSR count). The molecule has 0 aliphatic carbocycles. The highest BCUT2D eigenvalue weighted by atomic mass is 16.1. The van der Waals surface area contributed by atoms with Gasteiger partial charge < -0.3 is 0 Å². The van der Waals surface area contributed by atoms with Crippen LogP contribution in [0.25, 0.3) is 0 Å². The van der Waals surface area contributed by atoms with Crippen LogP contribution < -0.4 is 0 Å². The average Bonchev–Trinajstić information content (AvgIpc) is 2.26. The molecule has 0 heterocycles. The van der Waals surface area contributed by atoms with Gasteiger partial charge in [0, 0.05) is 18.4 Å². The smallest absolute Gasteiger partial charge is 0.163 e. The van der Waals surface area contributed by atoms with Gasteiger partial charge in [0.15, 0.2) is 5.78 Å². The molecule has 0 spiro atoms. The first kappa shape index (κ1) is 9.95.